The molecule has 0 atom stereocenters. The van der Waals surface area contributed by atoms with Crippen LogP contribution in [0.2, 0.25) is 0 Å². The van der Waals surface area contributed by atoms with Crippen LogP contribution in [0.4, 0.5) is 0 Å². The largest absolute Gasteiger partial charge is 0.462 e. The smallest absolute Gasteiger partial charge is 0.344 e. The van der Waals surface area contributed by atoms with Gasteiger partial charge in [-0.3, -0.25) is 0 Å². The van der Waals surface area contributed by atoms with Crippen LogP contribution in [0.5, 0.6) is 0 Å². The number of carbonyl (C=O) groups is 2. The normalized spacial score (nSPS) is 14.4. The first-order valence-electron chi connectivity index (χ1n) is 16.8. The summed E-state index contributed by atoms with van der Waals surface area (Å²) in [6.45, 7) is 0.00573. The Bertz CT molecular complexity index is 2330. The van der Waals surface area contributed by atoms with E-state index in [9.17, 15) is 36.5 Å². The van der Waals surface area contributed by atoms with E-state index in [1.54, 1.807) is 84.9 Å². The Balaban J connectivity index is 1.67. The summed E-state index contributed by atoms with van der Waals surface area (Å²) >= 11 is 0. The van der Waals surface area contributed by atoms with Gasteiger partial charge in [0.1, 0.15) is 5.76 Å². The minimum Gasteiger partial charge on any atom is -0.462 e. The lowest BCUT2D eigenvalue weighted by Crippen LogP contribution is -2.11. The maximum atomic E-state index is 14.1. The first kappa shape index (κ1) is 39.3. The number of esters is 2. The van der Waals surface area contributed by atoms with Gasteiger partial charge in [0.25, 0.3) is 5.09 Å². The van der Waals surface area contributed by atoms with E-state index in [1.165, 1.54) is 30.3 Å². The monoisotopic (exact) mass is 771 g/mol. The minimum atomic E-state index is -3.57. The molecule has 0 aliphatic carbocycles. The predicted molar refractivity (Wildman–Crippen MR) is 202 cm³/mol. The van der Waals surface area contributed by atoms with Gasteiger partial charge in [-0.15, -0.1) is 10.1 Å². The molecule has 280 valence electrons. The summed E-state index contributed by atoms with van der Waals surface area (Å²) < 4.78 is 61.0. The highest BCUT2D eigenvalue weighted by molar-refractivity contribution is 7.91. The van der Waals surface area contributed by atoms with Crippen molar-refractivity contribution in [3.05, 3.63) is 153 Å². The molecule has 1 heterocycles. The van der Waals surface area contributed by atoms with E-state index in [0.29, 0.717) is 53.5 Å². The molecule has 1 aliphatic rings. The summed E-state index contributed by atoms with van der Waals surface area (Å²) in [5.41, 5.74) is 2.81. The molecule has 5 rings (SSSR count). The van der Waals surface area contributed by atoms with Crippen molar-refractivity contribution in [2.24, 2.45) is 0 Å². The molecular weight excluding hydrogens is 735 g/mol. The minimum absolute atomic E-state index is 0.0291. The number of benzene rings is 4. The van der Waals surface area contributed by atoms with Gasteiger partial charge in [-0.05, 0) is 71.9 Å². The molecule has 14 heteroatoms. The van der Waals surface area contributed by atoms with Crippen LogP contribution in [0, 0.1) is 10.1 Å². The van der Waals surface area contributed by atoms with Crippen molar-refractivity contribution in [2.45, 2.75) is 35.5 Å². The fourth-order valence-corrected chi connectivity index (χ4v) is 7.05. The Hall–Kier alpha value is -5.86. The van der Waals surface area contributed by atoms with Gasteiger partial charge in [-0.1, -0.05) is 91.3 Å². The van der Waals surface area contributed by atoms with Gasteiger partial charge < -0.3 is 14.3 Å². The van der Waals surface area contributed by atoms with Crippen LogP contribution in [-0.4, -0.2) is 59.6 Å². The number of hydrogen-bond acceptors (Lipinski definition) is 11. The zero-order valence-electron chi connectivity index (χ0n) is 29.5. The molecule has 0 aromatic heterocycles. The lowest BCUT2D eigenvalue weighted by molar-refractivity contribution is -0.757. The third kappa shape index (κ3) is 9.96. The van der Waals surface area contributed by atoms with Crippen LogP contribution in [0.15, 0.2) is 131 Å². The molecule has 0 fully saturated rings. The number of carbonyl (C=O) groups excluding carboxylic acids is 2. The van der Waals surface area contributed by atoms with Gasteiger partial charge in [0.05, 0.1) is 34.2 Å². The van der Waals surface area contributed by atoms with Gasteiger partial charge in [0.2, 0.25) is 0 Å². The highest BCUT2D eigenvalue weighted by Crippen LogP contribution is 2.42. The Labute approximate surface area is 313 Å². The average molecular weight is 772 g/mol. The molecule has 0 saturated carbocycles. The summed E-state index contributed by atoms with van der Waals surface area (Å²) in [6.07, 6.45) is 5.87. The summed E-state index contributed by atoms with van der Waals surface area (Å²) in [5.74, 6) is -1.31. The molecule has 0 saturated heterocycles. The maximum absolute atomic E-state index is 14.1. The molecule has 1 aliphatic heterocycles. The second-order valence-electron chi connectivity index (χ2n) is 12.4. The van der Waals surface area contributed by atoms with Crippen LogP contribution in [-0.2, 0) is 43.6 Å². The molecular formula is C40H37NO11S2. The second kappa shape index (κ2) is 17.3. The van der Waals surface area contributed by atoms with E-state index in [0.717, 1.165) is 12.5 Å². The average Bonchev–Trinajstić information content (AvgIpc) is 3.47. The molecule has 0 unspecified atom stereocenters. The number of hydrogen-bond donors (Lipinski definition) is 0. The van der Waals surface area contributed by atoms with Gasteiger partial charge >= 0.3 is 11.9 Å². The van der Waals surface area contributed by atoms with Crippen molar-refractivity contribution in [2.75, 3.05) is 25.7 Å². The van der Waals surface area contributed by atoms with Crippen LogP contribution in [0.3, 0.4) is 0 Å². The van der Waals surface area contributed by atoms with Gasteiger partial charge in [0, 0.05) is 23.7 Å². The first-order valence-corrected chi connectivity index (χ1v) is 20.6. The zero-order valence-corrected chi connectivity index (χ0v) is 31.1. The predicted octanol–water partition coefficient (Wildman–Crippen LogP) is 6.77. The molecule has 0 N–H and O–H groups in total. The van der Waals surface area contributed by atoms with E-state index in [4.69, 9.17) is 9.47 Å². The third-order valence-electron chi connectivity index (χ3n) is 8.41. The van der Waals surface area contributed by atoms with Crippen LogP contribution < -0.4 is 0 Å². The SMILES string of the molecule is CS(=O)(=O)c1ccc(C2=C(c3ccccc3)C(=O)O/C2=C\C(=C(/C(=O)OCCCCCCO[N+](=O)[O-])c2ccccc2)c2ccc(S(C)(=O)=O)cc2)cc1. The van der Waals surface area contributed by atoms with E-state index in [-0.39, 0.29) is 45.5 Å². The number of sulfone groups is 2. The molecule has 0 radical (unpaired) electrons. The second-order valence-corrected chi connectivity index (χ2v) is 16.4. The number of rotatable bonds is 16. The number of nitrogens with zero attached hydrogens (tertiary/aromatic N) is 1. The highest BCUT2D eigenvalue weighted by atomic mass is 32.2. The van der Waals surface area contributed by atoms with Gasteiger partial charge in [0.15, 0.2) is 19.7 Å². The van der Waals surface area contributed by atoms with Crippen LogP contribution in [0.25, 0.3) is 22.3 Å². The number of allylic oxidation sites excluding steroid dienone is 3. The van der Waals surface area contributed by atoms with E-state index in [2.05, 4.69) is 4.84 Å². The van der Waals surface area contributed by atoms with Crippen molar-refractivity contribution < 1.29 is 45.8 Å². The van der Waals surface area contributed by atoms with Crippen LogP contribution >= 0.6 is 0 Å². The molecule has 4 aromatic carbocycles. The molecule has 0 bridgehead atoms. The lowest BCUT2D eigenvalue weighted by atomic mass is 9.91. The Kier molecular flexibility index (Phi) is 12.6. The van der Waals surface area contributed by atoms with E-state index < -0.39 is 36.7 Å². The maximum Gasteiger partial charge on any atom is 0.344 e. The van der Waals surface area contributed by atoms with Crippen molar-refractivity contribution >= 4 is 53.9 Å². The number of ether oxygens (including phenoxy) is 2. The Morgan fingerprint density at radius 3 is 1.76 bits per heavy atom. The first-order chi connectivity index (χ1) is 25.7. The quantitative estimate of drug-likeness (QED) is 0.0294. The Morgan fingerprint density at radius 1 is 0.685 bits per heavy atom. The van der Waals surface area contributed by atoms with Crippen molar-refractivity contribution in [1.29, 1.82) is 0 Å². The number of unbranched alkanes of at least 4 members (excludes halogenated alkanes) is 3. The summed E-state index contributed by atoms with van der Waals surface area (Å²) in [5, 5.41) is 9.55. The zero-order chi connectivity index (χ0) is 38.9. The van der Waals surface area contributed by atoms with E-state index in [1.807, 2.05) is 0 Å². The standard InChI is InChI=1S/C40H37NO11S2/c1-53(46,47)32-21-17-28(18-22-32)34(36(29-13-7-5-8-14-29)39(42)50-25-11-3-4-12-26-51-41(44)45)27-35-37(31-19-23-33(24-20-31)54(2,48)49)38(40(43)52-35)30-15-9-6-10-16-30/h5-10,13-24,27H,3-4,11-12,25-26H2,1-2H3/b35-27-,36-34+. The molecule has 0 amide bonds. The topological polar surface area (TPSA) is 173 Å². The third-order valence-corrected chi connectivity index (χ3v) is 10.7. The molecule has 12 nitrogen and oxygen atoms in total. The Morgan fingerprint density at radius 2 is 1.20 bits per heavy atom. The van der Waals surface area contributed by atoms with Crippen molar-refractivity contribution in [3.8, 4) is 0 Å². The van der Waals surface area contributed by atoms with Crippen LogP contribution in [0.1, 0.15) is 47.9 Å². The molecule has 54 heavy (non-hydrogen) atoms. The van der Waals surface area contributed by atoms with Gasteiger partial charge in [-0.2, -0.15) is 0 Å². The molecule has 4 aromatic rings. The highest BCUT2D eigenvalue weighted by Gasteiger charge is 2.33. The summed E-state index contributed by atoms with van der Waals surface area (Å²) in [6, 6.07) is 29.4. The summed E-state index contributed by atoms with van der Waals surface area (Å²) in [4.78, 5) is 42.7. The van der Waals surface area contributed by atoms with Crippen molar-refractivity contribution in [1.82, 2.24) is 0 Å². The molecule has 0 spiro atoms. The van der Waals surface area contributed by atoms with E-state index >= 15 is 0 Å². The summed E-state index contributed by atoms with van der Waals surface area (Å²) in [7, 11) is -7.11. The lowest BCUT2D eigenvalue weighted by Gasteiger charge is -2.16. The van der Waals surface area contributed by atoms with Crippen molar-refractivity contribution in [3.63, 3.8) is 0 Å². The fraction of sp³-hybridized carbons (Fsp3) is 0.200. The van der Waals surface area contributed by atoms with Gasteiger partial charge in [-0.25, -0.2) is 26.4 Å². The number of cyclic esters (lactones) is 1. The fourth-order valence-electron chi connectivity index (χ4n) is 5.79.